The fourth-order valence-corrected chi connectivity index (χ4v) is 5.65. The molecule has 0 amide bonds. The molecule has 6 heteroatoms. The fourth-order valence-electron chi connectivity index (χ4n) is 5.65. The van der Waals surface area contributed by atoms with Crippen molar-refractivity contribution in [2.45, 2.75) is 65.0 Å². The average molecular weight is 511 g/mol. The molecule has 196 valence electrons. The summed E-state index contributed by atoms with van der Waals surface area (Å²) in [5.41, 5.74) is 5.03. The third-order valence-electron chi connectivity index (χ3n) is 7.94. The number of carbonyl (C=O) groups excluding carboxylic acids is 2. The molecule has 4 aromatic rings. The molecule has 1 saturated carbocycles. The molecule has 0 aliphatic heterocycles. The molecule has 0 spiro atoms. The number of fused-ring (bicyclic) bond motifs is 3. The van der Waals surface area contributed by atoms with Crippen molar-refractivity contribution in [3.05, 3.63) is 82.9 Å². The van der Waals surface area contributed by atoms with Gasteiger partial charge in [-0.3, -0.25) is 4.79 Å². The van der Waals surface area contributed by atoms with Crippen LogP contribution in [0.3, 0.4) is 0 Å². The Kier molecular flexibility index (Phi) is 7.17. The summed E-state index contributed by atoms with van der Waals surface area (Å²) < 4.78 is 7.84. The maximum absolute atomic E-state index is 13.3. The van der Waals surface area contributed by atoms with Crippen molar-refractivity contribution in [3.8, 4) is 0 Å². The molecule has 6 nitrogen and oxygen atoms in total. The molecule has 5 rings (SSSR count). The number of nitrogens with zero attached hydrogens (tertiary/aromatic N) is 2. The number of carbonyl (C=O) groups is 2. The molecule has 1 aromatic heterocycles. The van der Waals surface area contributed by atoms with Gasteiger partial charge in [-0.15, -0.1) is 0 Å². The van der Waals surface area contributed by atoms with Crippen molar-refractivity contribution < 1.29 is 19.2 Å². The second-order valence-corrected chi connectivity index (χ2v) is 10.2. The number of oxime groups is 1. The summed E-state index contributed by atoms with van der Waals surface area (Å²) in [6, 6.07) is 19.7. The zero-order valence-electron chi connectivity index (χ0n) is 22.5. The van der Waals surface area contributed by atoms with Gasteiger partial charge in [0, 0.05) is 46.6 Å². The normalized spacial score (nSPS) is 15.6. The van der Waals surface area contributed by atoms with Gasteiger partial charge >= 0.3 is 5.97 Å². The Labute approximate surface area is 223 Å². The number of benzene rings is 3. The maximum atomic E-state index is 13.3. The zero-order chi connectivity index (χ0) is 26.9. The van der Waals surface area contributed by atoms with Crippen molar-refractivity contribution in [2.24, 2.45) is 5.16 Å². The number of rotatable bonds is 7. The van der Waals surface area contributed by atoms with Gasteiger partial charge in [0.1, 0.15) is 0 Å². The minimum atomic E-state index is -0.902. The third-order valence-corrected chi connectivity index (χ3v) is 7.94. The number of hydrogen-bond acceptors (Lipinski definition) is 5. The molecule has 1 heterocycles. The molecule has 1 fully saturated rings. The SMILES string of the molecule is CCn1c2ccc(C(=O)c3ccccc3C)cc2c2cc(/C(C)=N/OC(=O)C3(OC)CCCCC3)ccc21. The number of aryl methyl sites for hydroxylation is 2. The predicted molar refractivity (Wildman–Crippen MR) is 151 cm³/mol. The van der Waals surface area contributed by atoms with Crippen molar-refractivity contribution in [2.75, 3.05) is 7.11 Å². The summed E-state index contributed by atoms with van der Waals surface area (Å²) in [7, 11) is 1.57. The monoisotopic (exact) mass is 510 g/mol. The maximum Gasteiger partial charge on any atom is 0.366 e. The van der Waals surface area contributed by atoms with E-state index in [1.807, 2.05) is 62.4 Å². The molecule has 1 aliphatic rings. The average Bonchev–Trinajstić information content (AvgIpc) is 3.28. The topological polar surface area (TPSA) is 69.9 Å². The Morgan fingerprint density at radius 3 is 2.18 bits per heavy atom. The fraction of sp³-hybridized carbons (Fsp3) is 0.344. The molecule has 3 aromatic carbocycles. The lowest BCUT2D eigenvalue weighted by molar-refractivity contribution is -0.173. The van der Waals surface area contributed by atoms with Gasteiger partial charge in [-0.05, 0) is 87.9 Å². The van der Waals surface area contributed by atoms with E-state index in [9.17, 15) is 9.59 Å². The van der Waals surface area contributed by atoms with Crippen LogP contribution in [-0.4, -0.2) is 34.7 Å². The van der Waals surface area contributed by atoms with Crippen molar-refractivity contribution >= 4 is 39.3 Å². The van der Waals surface area contributed by atoms with Crippen LogP contribution in [0.2, 0.25) is 0 Å². The molecule has 0 bridgehead atoms. The van der Waals surface area contributed by atoms with Gasteiger partial charge in [0.2, 0.25) is 0 Å². The molecule has 0 atom stereocenters. The summed E-state index contributed by atoms with van der Waals surface area (Å²) in [5.74, 6) is -0.417. The first-order valence-electron chi connectivity index (χ1n) is 13.4. The van der Waals surface area contributed by atoms with Crippen molar-refractivity contribution in [1.82, 2.24) is 4.57 Å². The lowest BCUT2D eigenvalue weighted by Gasteiger charge is -2.32. The quantitative estimate of drug-likeness (QED) is 0.116. The molecular formula is C32H34N2O4. The molecule has 0 N–H and O–H groups in total. The van der Waals surface area contributed by atoms with E-state index in [1.54, 1.807) is 7.11 Å². The Bertz CT molecular complexity index is 1560. The predicted octanol–water partition coefficient (Wildman–Crippen LogP) is 6.97. The lowest BCUT2D eigenvalue weighted by Crippen LogP contribution is -2.43. The number of hydrogen-bond donors (Lipinski definition) is 0. The second kappa shape index (κ2) is 10.5. The van der Waals surface area contributed by atoms with Crippen LogP contribution in [0.1, 0.15) is 73.0 Å². The highest BCUT2D eigenvalue weighted by atomic mass is 16.7. The van der Waals surface area contributed by atoms with Gasteiger partial charge in [-0.2, -0.15) is 0 Å². The van der Waals surface area contributed by atoms with Crippen molar-refractivity contribution in [1.29, 1.82) is 0 Å². The van der Waals surface area contributed by atoms with Crippen LogP contribution >= 0.6 is 0 Å². The van der Waals surface area contributed by atoms with Crippen LogP contribution in [0, 0.1) is 6.92 Å². The van der Waals surface area contributed by atoms with Crippen LogP contribution in [0.4, 0.5) is 0 Å². The molecule has 0 unspecified atom stereocenters. The number of aromatic nitrogens is 1. The number of ketones is 1. The summed E-state index contributed by atoms with van der Waals surface area (Å²) in [6.07, 6.45) is 4.30. The lowest BCUT2D eigenvalue weighted by atomic mass is 9.85. The highest BCUT2D eigenvalue weighted by Crippen LogP contribution is 2.33. The van der Waals surface area contributed by atoms with Crippen molar-refractivity contribution in [3.63, 3.8) is 0 Å². The standard InChI is InChI=1S/C32H34N2O4/c1-5-34-28-15-13-23(22(3)33-38-31(36)32(37-4)17-9-6-10-18-32)19-26(28)27-20-24(14-16-29(27)34)30(35)25-12-8-7-11-21(25)2/h7-8,11-16,19-20H,5-6,9-10,17-18H2,1-4H3/b33-22+. The van der Waals surface area contributed by atoms with E-state index in [-0.39, 0.29) is 5.78 Å². The van der Waals surface area contributed by atoms with Gasteiger partial charge in [0.15, 0.2) is 11.4 Å². The molecular weight excluding hydrogens is 476 g/mol. The Morgan fingerprint density at radius 2 is 1.55 bits per heavy atom. The first-order valence-corrected chi connectivity index (χ1v) is 13.4. The molecule has 38 heavy (non-hydrogen) atoms. The highest BCUT2D eigenvalue weighted by molar-refractivity contribution is 6.16. The van der Waals surface area contributed by atoms with Gasteiger partial charge in [0.25, 0.3) is 0 Å². The van der Waals surface area contributed by atoms with Gasteiger partial charge in [0.05, 0.1) is 5.71 Å². The largest absolute Gasteiger partial charge is 0.366 e. The van der Waals surface area contributed by atoms with E-state index in [1.165, 1.54) is 0 Å². The minimum Gasteiger partial charge on any atom is -0.366 e. The number of ether oxygens (including phenoxy) is 1. The van der Waals surface area contributed by atoms with Crippen LogP contribution in [0.25, 0.3) is 21.8 Å². The van der Waals surface area contributed by atoms with E-state index in [0.29, 0.717) is 29.7 Å². The zero-order valence-corrected chi connectivity index (χ0v) is 22.5. The molecule has 1 aliphatic carbocycles. The van der Waals surface area contributed by atoms with Gasteiger partial charge < -0.3 is 14.1 Å². The number of methoxy groups -OCH3 is 1. The summed E-state index contributed by atoms with van der Waals surface area (Å²) in [5, 5.41) is 6.23. The van der Waals surface area contributed by atoms with E-state index in [4.69, 9.17) is 9.57 Å². The first-order chi connectivity index (χ1) is 18.4. The summed E-state index contributed by atoms with van der Waals surface area (Å²) >= 11 is 0. The van der Waals surface area contributed by atoms with E-state index < -0.39 is 11.6 Å². The van der Waals surface area contributed by atoms with Crippen LogP contribution in [0.15, 0.2) is 65.8 Å². The van der Waals surface area contributed by atoms with E-state index in [2.05, 4.69) is 28.8 Å². The third kappa shape index (κ3) is 4.54. The summed E-state index contributed by atoms with van der Waals surface area (Å²) in [4.78, 5) is 31.6. The van der Waals surface area contributed by atoms with E-state index >= 15 is 0 Å². The van der Waals surface area contributed by atoms with Gasteiger partial charge in [-0.25, -0.2) is 4.79 Å². The first kappa shape index (κ1) is 25.9. The van der Waals surface area contributed by atoms with Crippen LogP contribution in [-0.2, 0) is 20.9 Å². The smallest absolute Gasteiger partial charge is 0.366 e. The summed E-state index contributed by atoms with van der Waals surface area (Å²) in [6.45, 7) is 6.70. The minimum absolute atomic E-state index is 0.0120. The Balaban J connectivity index is 1.51. The second-order valence-electron chi connectivity index (χ2n) is 10.2. The molecule has 0 radical (unpaired) electrons. The van der Waals surface area contributed by atoms with Gasteiger partial charge in [-0.1, -0.05) is 41.9 Å². The van der Waals surface area contributed by atoms with E-state index in [0.717, 1.165) is 58.7 Å². The van der Waals surface area contributed by atoms with Crippen LogP contribution in [0.5, 0.6) is 0 Å². The van der Waals surface area contributed by atoms with Crippen LogP contribution < -0.4 is 0 Å². The Hall–Kier alpha value is -3.77. The molecule has 0 saturated heterocycles. The Morgan fingerprint density at radius 1 is 0.921 bits per heavy atom. The highest BCUT2D eigenvalue weighted by Gasteiger charge is 2.41.